The highest BCUT2D eigenvalue weighted by molar-refractivity contribution is 5.48. The van der Waals surface area contributed by atoms with Crippen molar-refractivity contribution >= 4 is 0 Å². The summed E-state index contributed by atoms with van der Waals surface area (Å²) >= 11 is 0. The second-order valence-electron chi connectivity index (χ2n) is 5.30. The summed E-state index contributed by atoms with van der Waals surface area (Å²) in [6.45, 7) is 3.72. The Labute approximate surface area is 108 Å². The van der Waals surface area contributed by atoms with Crippen molar-refractivity contribution in [1.82, 2.24) is 0 Å². The fourth-order valence-electron chi connectivity index (χ4n) is 3.31. The average Bonchev–Trinajstić information content (AvgIpc) is 2.40. The Hall–Kier alpha value is -1.22. The maximum absolute atomic E-state index is 9.84. The highest BCUT2D eigenvalue weighted by Crippen LogP contribution is 2.48. The molecule has 1 fully saturated rings. The number of hydrogen-bond donors (Lipinski definition) is 1. The molecule has 1 unspecified atom stereocenters. The smallest absolute Gasteiger partial charge is 0.166 e. The van der Waals surface area contributed by atoms with Gasteiger partial charge in [0.1, 0.15) is 0 Å². The van der Waals surface area contributed by atoms with E-state index < -0.39 is 0 Å². The normalized spacial score (nSPS) is 30.2. The zero-order chi connectivity index (χ0) is 12.5. The summed E-state index contributed by atoms with van der Waals surface area (Å²) in [6, 6.07) is 5.55. The maximum Gasteiger partial charge on any atom is 0.166 e. The molecule has 3 rings (SSSR count). The number of para-hydroxylation sites is 1. The predicted octanol–water partition coefficient (Wildman–Crippen LogP) is 3.28. The molecule has 98 valence electrons. The molecule has 1 aromatic rings. The second-order valence-corrected chi connectivity index (χ2v) is 5.30. The van der Waals surface area contributed by atoms with Gasteiger partial charge in [0, 0.05) is 18.1 Å². The highest BCUT2D eigenvalue weighted by atomic mass is 16.5. The van der Waals surface area contributed by atoms with Crippen LogP contribution in [0.15, 0.2) is 18.2 Å². The molecule has 0 amide bonds. The Bertz CT molecular complexity index is 428. The van der Waals surface area contributed by atoms with Gasteiger partial charge in [-0.2, -0.15) is 0 Å². The van der Waals surface area contributed by atoms with Crippen molar-refractivity contribution in [3.63, 3.8) is 0 Å². The van der Waals surface area contributed by atoms with E-state index in [2.05, 4.69) is 6.92 Å². The van der Waals surface area contributed by atoms with Gasteiger partial charge >= 0.3 is 0 Å². The van der Waals surface area contributed by atoms with Crippen LogP contribution in [0.5, 0.6) is 11.5 Å². The number of phenols is 1. The summed E-state index contributed by atoms with van der Waals surface area (Å²) in [5.41, 5.74) is 1.02. The van der Waals surface area contributed by atoms with E-state index in [0.29, 0.717) is 24.2 Å². The second kappa shape index (κ2) is 4.81. The molecule has 0 bridgehead atoms. The molecule has 1 aromatic carbocycles. The molecule has 3 atom stereocenters. The third kappa shape index (κ3) is 1.87. The molecule has 0 radical (unpaired) electrons. The number of hydrogen-bond acceptors (Lipinski definition) is 3. The monoisotopic (exact) mass is 248 g/mol. The van der Waals surface area contributed by atoms with Gasteiger partial charge in [0.15, 0.2) is 11.5 Å². The van der Waals surface area contributed by atoms with Gasteiger partial charge in [0.25, 0.3) is 0 Å². The van der Waals surface area contributed by atoms with E-state index >= 15 is 0 Å². The molecule has 2 aliphatic rings. The molecule has 0 aliphatic carbocycles. The Morgan fingerprint density at radius 2 is 2.28 bits per heavy atom. The number of rotatable bonds is 2. The summed E-state index contributed by atoms with van der Waals surface area (Å²) in [4.78, 5) is 0. The minimum atomic E-state index is 0.103. The number of aromatic hydroxyl groups is 1. The third-order valence-corrected chi connectivity index (χ3v) is 4.19. The molecule has 3 nitrogen and oxygen atoms in total. The summed E-state index contributed by atoms with van der Waals surface area (Å²) in [6.07, 6.45) is 3.68. The van der Waals surface area contributed by atoms with Crippen molar-refractivity contribution in [2.24, 2.45) is 11.8 Å². The van der Waals surface area contributed by atoms with Gasteiger partial charge < -0.3 is 14.6 Å². The van der Waals surface area contributed by atoms with Crippen LogP contribution < -0.4 is 4.74 Å². The molecule has 18 heavy (non-hydrogen) atoms. The molecule has 0 saturated carbocycles. The predicted molar refractivity (Wildman–Crippen MR) is 68.8 cm³/mol. The number of fused-ring (bicyclic) bond motifs is 3. The van der Waals surface area contributed by atoms with Crippen molar-refractivity contribution in [3.05, 3.63) is 23.8 Å². The van der Waals surface area contributed by atoms with E-state index in [1.807, 2.05) is 12.1 Å². The van der Waals surface area contributed by atoms with E-state index in [0.717, 1.165) is 18.6 Å². The van der Waals surface area contributed by atoms with Crippen molar-refractivity contribution < 1.29 is 14.6 Å². The van der Waals surface area contributed by atoms with Crippen LogP contribution in [0.3, 0.4) is 0 Å². The first-order valence-electron chi connectivity index (χ1n) is 6.87. The summed E-state index contributed by atoms with van der Waals surface area (Å²) in [5, 5.41) is 9.84. The minimum Gasteiger partial charge on any atom is -0.504 e. The SMILES string of the molecule is CCCC1CCO[C@@H]2c3cccc(O)c3OC[C@@H]12. The number of benzene rings is 1. The molecular weight excluding hydrogens is 228 g/mol. The van der Waals surface area contributed by atoms with Crippen LogP contribution in [0, 0.1) is 11.8 Å². The Kier molecular flexibility index (Phi) is 3.16. The van der Waals surface area contributed by atoms with Crippen LogP contribution in [-0.4, -0.2) is 18.3 Å². The van der Waals surface area contributed by atoms with E-state index in [4.69, 9.17) is 9.47 Å². The fourth-order valence-corrected chi connectivity index (χ4v) is 3.31. The van der Waals surface area contributed by atoms with Crippen molar-refractivity contribution in [3.8, 4) is 11.5 Å². The van der Waals surface area contributed by atoms with Gasteiger partial charge in [0.2, 0.25) is 0 Å². The molecule has 2 heterocycles. The lowest BCUT2D eigenvalue weighted by molar-refractivity contribution is -0.0874. The lowest BCUT2D eigenvalue weighted by Gasteiger charge is -2.41. The highest BCUT2D eigenvalue weighted by Gasteiger charge is 2.40. The van der Waals surface area contributed by atoms with Gasteiger partial charge in [-0.1, -0.05) is 31.9 Å². The Morgan fingerprint density at radius 3 is 3.11 bits per heavy atom. The summed E-state index contributed by atoms with van der Waals surface area (Å²) < 4.78 is 11.7. The van der Waals surface area contributed by atoms with Crippen LogP contribution in [-0.2, 0) is 4.74 Å². The molecule has 3 heteroatoms. The van der Waals surface area contributed by atoms with Gasteiger partial charge in [-0.15, -0.1) is 0 Å². The molecule has 0 aromatic heterocycles. The fraction of sp³-hybridized carbons (Fsp3) is 0.600. The first-order chi connectivity index (χ1) is 8.81. The van der Waals surface area contributed by atoms with Crippen LogP contribution in [0.1, 0.15) is 37.9 Å². The van der Waals surface area contributed by atoms with E-state index in [1.54, 1.807) is 6.07 Å². The van der Waals surface area contributed by atoms with Crippen molar-refractivity contribution in [2.45, 2.75) is 32.3 Å². The molecule has 0 spiro atoms. The first-order valence-corrected chi connectivity index (χ1v) is 6.87. The Morgan fingerprint density at radius 1 is 1.39 bits per heavy atom. The van der Waals surface area contributed by atoms with Gasteiger partial charge in [-0.3, -0.25) is 0 Å². The van der Waals surface area contributed by atoms with Gasteiger partial charge in [0.05, 0.1) is 12.7 Å². The van der Waals surface area contributed by atoms with Crippen molar-refractivity contribution in [2.75, 3.05) is 13.2 Å². The quantitative estimate of drug-likeness (QED) is 0.873. The van der Waals surface area contributed by atoms with Gasteiger partial charge in [-0.25, -0.2) is 0 Å². The van der Waals surface area contributed by atoms with E-state index in [1.165, 1.54) is 12.8 Å². The first kappa shape index (κ1) is 11.8. The van der Waals surface area contributed by atoms with Crippen LogP contribution >= 0.6 is 0 Å². The topological polar surface area (TPSA) is 38.7 Å². The number of phenolic OH excluding ortho intramolecular Hbond substituents is 1. The molecular formula is C15H20O3. The van der Waals surface area contributed by atoms with Gasteiger partial charge in [-0.05, 0) is 18.4 Å². The minimum absolute atomic E-state index is 0.103. The van der Waals surface area contributed by atoms with Crippen LogP contribution in [0.2, 0.25) is 0 Å². The van der Waals surface area contributed by atoms with Crippen molar-refractivity contribution in [1.29, 1.82) is 0 Å². The summed E-state index contributed by atoms with van der Waals surface area (Å²) in [5.74, 6) is 1.97. The summed E-state index contributed by atoms with van der Waals surface area (Å²) in [7, 11) is 0. The largest absolute Gasteiger partial charge is 0.504 e. The average molecular weight is 248 g/mol. The molecule has 1 N–H and O–H groups in total. The zero-order valence-corrected chi connectivity index (χ0v) is 10.8. The third-order valence-electron chi connectivity index (χ3n) is 4.19. The van der Waals surface area contributed by atoms with E-state index in [-0.39, 0.29) is 11.9 Å². The molecule has 2 aliphatic heterocycles. The van der Waals surface area contributed by atoms with Crippen LogP contribution in [0.4, 0.5) is 0 Å². The van der Waals surface area contributed by atoms with Crippen LogP contribution in [0.25, 0.3) is 0 Å². The van der Waals surface area contributed by atoms with E-state index in [9.17, 15) is 5.11 Å². The lowest BCUT2D eigenvalue weighted by Crippen LogP contribution is -2.37. The Balaban J connectivity index is 1.92. The molecule has 1 saturated heterocycles. The zero-order valence-electron chi connectivity index (χ0n) is 10.8. The standard InChI is InChI=1S/C15H20O3/c1-2-4-10-7-8-17-14-11-5-3-6-13(16)15(11)18-9-12(10)14/h3,5-6,10,12,14,16H,2,4,7-9H2,1H3/t10?,12-,14+/m0/s1. The lowest BCUT2D eigenvalue weighted by atomic mass is 9.77. The number of ether oxygens (including phenoxy) is 2. The maximum atomic E-state index is 9.84.